The van der Waals surface area contributed by atoms with Crippen LogP contribution in [0.25, 0.3) is 0 Å². The molecule has 108 valence electrons. The van der Waals surface area contributed by atoms with Crippen LogP contribution in [0.5, 0.6) is 0 Å². The molecule has 0 saturated heterocycles. The maximum atomic E-state index is 10.8. The van der Waals surface area contributed by atoms with Crippen LogP contribution in [-0.2, 0) is 0 Å². The van der Waals surface area contributed by atoms with Gasteiger partial charge in [-0.15, -0.1) is 0 Å². The van der Waals surface area contributed by atoms with Crippen LogP contribution in [0.4, 0.5) is 5.69 Å². The molecule has 0 aliphatic rings. The molecule has 0 aliphatic carbocycles. The summed E-state index contributed by atoms with van der Waals surface area (Å²) >= 11 is 0. The molecule has 0 aliphatic heterocycles. The van der Waals surface area contributed by atoms with Gasteiger partial charge in [0.1, 0.15) is 6.29 Å². The highest BCUT2D eigenvalue weighted by Crippen LogP contribution is 2.21. The first-order chi connectivity index (χ1) is 10.0. The minimum absolute atomic E-state index is 0.665. The molecule has 2 aromatic carbocycles. The monoisotopic (exact) mass is 296 g/mol. The Kier molecular flexibility index (Phi) is 4.70. The van der Waals surface area contributed by atoms with E-state index in [0.717, 1.165) is 17.5 Å². The molecular weight excluding hydrogens is 276 g/mol. The fraction of sp³-hybridized carbons (Fsp3) is 0.176. The second-order valence-corrected chi connectivity index (χ2v) is 10.6. The fourth-order valence-corrected chi connectivity index (χ4v) is 3.36. The average Bonchev–Trinajstić information content (AvgIpc) is 2.47. The predicted molar refractivity (Wildman–Crippen MR) is 91.7 cm³/mol. The van der Waals surface area contributed by atoms with Crippen LogP contribution < -0.4 is 4.67 Å². The molecule has 0 saturated carbocycles. The van der Waals surface area contributed by atoms with Crippen molar-refractivity contribution in [2.24, 2.45) is 5.10 Å². The molecule has 0 aromatic heterocycles. The van der Waals surface area contributed by atoms with E-state index in [1.165, 1.54) is 0 Å². The van der Waals surface area contributed by atoms with Gasteiger partial charge in [-0.2, -0.15) is 5.10 Å². The quantitative estimate of drug-likeness (QED) is 0.359. The maximum absolute atomic E-state index is 10.8. The Hall–Kier alpha value is -2.20. The lowest BCUT2D eigenvalue weighted by Gasteiger charge is -2.31. The molecule has 0 N–H and O–H groups in total. The van der Waals surface area contributed by atoms with Crippen molar-refractivity contribution in [3.05, 3.63) is 65.7 Å². The first kappa shape index (κ1) is 15.2. The summed E-state index contributed by atoms with van der Waals surface area (Å²) in [5.41, 5.74) is 2.69. The van der Waals surface area contributed by atoms with E-state index in [2.05, 4.69) is 41.5 Å². The van der Waals surface area contributed by atoms with Crippen LogP contribution in [-0.4, -0.2) is 20.7 Å². The topological polar surface area (TPSA) is 32.7 Å². The lowest BCUT2D eigenvalue weighted by molar-refractivity contribution is 0.112. The van der Waals surface area contributed by atoms with Gasteiger partial charge in [-0.05, 0) is 43.4 Å². The molecule has 4 heteroatoms. The number of carbonyl (C=O) groups excluding carboxylic acids is 1. The maximum Gasteiger partial charge on any atom is 0.176 e. The predicted octanol–water partition coefficient (Wildman–Crippen LogP) is 4.17. The summed E-state index contributed by atoms with van der Waals surface area (Å²) in [5.74, 6) is 0. The van der Waals surface area contributed by atoms with E-state index in [9.17, 15) is 4.79 Å². The van der Waals surface area contributed by atoms with Crippen LogP contribution >= 0.6 is 0 Å². The lowest BCUT2D eigenvalue weighted by Crippen LogP contribution is -2.42. The Labute approximate surface area is 127 Å². The van der Waals surface area contributed by atoms with Crippen LogP contribution in [0.1, 0.15) is 15.9 Å². The van der Waals surface area contributed by atoms with Crippen molar-refractivity contribution in [1.29, 1.82) is 0 Å². The molecule has 0 heterocycles. The number of para-hydroxylation sites is 1. The fourth-order valence-electron chi connectivity index (χ4n) is 2.03. The highest BCUT2D eigenvalue weighted by atomic mass is 28.3. The number of anilines is 1. The number of hydrogen-bond acceptors (Lipinski definition) is 3. The van der Waals surface area contributed by atoms with E-state index in [-0.39, 0.29) is 0 Å². The van der Waals surface area contributed by atoms with Gasteiger partial charge in [-0.3, -0.25) is 9.47 Å². The van der Waals surface area contributed by atoms with Crippen LogP contribution in [0.2, 0.25) is 19.6 Å². The van der Waals surface area contributed by atoms with Gasteiger partial charge in [0, 0.05) is 11.3 Å². The first-order valence-corrected chi connectivity index (χ1v) is 10.4. The first-order valence-electron chi connectivity index (χ1n) is 6.95. The van der Waals surface area contributed by atoms with Crippen molar-refractivity contribution in [3.8, 4) is 0 Å². The Morgan fingerprint density at radius 3 is 2.24 bits per heavy atom. The number of hydrogen-bond donors (Lipinski definition) is 0. The van der Waals surface area contributed by atoms with Crippen LogP contribution in [0.15, 0.2) is 59.7 Å². The Bertz CT molecular complexity index is 633. The molecule has 0 fully saturated rings. The molecule has 0 unspecified atom stereocenters. The number of hydrazone groups is 1. The average molecular weight is 296 g/mol. The Balaban J connectivity index is 2.31. The minimum atomic E-state index is -1.64. The zero-order chi connectivity index (χ0) is 15.3. The molecule has 0 amide bonds. The van der Waals surface area contributed by atoms with Crippen molar-refractivity contribution in [3.63, 3.8) is 0 Å². The zero-order valence-corrected chi connectivity index (χ0v) is 13.7. The van der Waals surface area contributed by atoms with E-state index < -0.39 is 8.24 Å². The van der Waals surface area contributed by atoms with Gasteiger partial charge >= 0.3 is 0 Å². The molecule has 2 rings (SSSR count). The summed E-state index contributed by atoms with van der Waals surface area (Å²) in [6.07, 6.45) is 2.67. The molecule has 0 bridgehead atoms. The third kappa shape index (κ3) is 4.13. The van der Waals surface area contributed by atoms with E-state index in [4.69, 9.17) is 0 Å². The third-order valence-electron chi connectivity index (χ3n) is 3.01. The summed E-state index contributed by atoms with van der Waals surface area (Å²) in [6.45, 7) is 6.75. The van der Waals surface area contributed by atoms with Gasteiger partial charge in [0.25, 0.3) is 0 Å². The van der Waals surface area contributed by atoms with Crippen molar-refractivity contribution in [2.75, 3.05) is 4.67 Å². The Morgan fingerprint density at radius 2 is 1.62 bits per heavy atom. The molecule has 2 aromatic rings. The standard InChI is InChI=1S/C17H20N2OSi/c1-21(2,3)19(17-10-5-4-6-11-17)18-13-15-8-7-9-16(12-15)14-20/h4-14H,1-3H3. The van der Waals surface area contributed by atoms with E-state index in [0.29, 0.717) is 5.56 Å². The summed E-state index contributed by atoms with van der Waals surface area (Å²) in [7, 11) is -1.64. The second kappa shape index (κ2) is 6.50. The number of carbonyl (C=O) groups is 1. The molecule has 0 spiro atoms. The third-order valence-corrected chi connectivity index (χ3v) is 4.65. The summed E-state index contributed by atoms with van der Waals surface area (Å²) < 4.78 is 2.11. The van der Waals surface area contributed by atoms with E-state index >= 15 is 0 Å². The highest BCUT2D eigenvalue weighted by Gasteiger charge is 2.23. The Morgan fingerprint density at radius 1 is 0.952 bits per heavy atom. The summed E-state index contributed by atoms with van der Waals surface area (Å²) in [5, 5.41) is 4.67. The van der Waals surface area contributed by atoms with Crippen LogP contribution in [0, 0.1) is 0 Å². The largest absolute Gasteiger partial charge is 0.298 e. The minimum Gasteiger partial charge on any atom is -0.298 e. The number of benzene rings is 2. The van der Waals surface area contributed by atoms with Crippen molar-refractivity contribution in [2.45, 2.75) is 19.6 Å². The number of nitrogens with zero attached hydrogens (tertiary/aromatic N) is 2. The molecule has 21 heavy (non-hydrogen) atoms. The molecule has 3 nitrogen and oxygen atoms in total. The second-order valence-electron chi connectivity index (χ2n) is 5.85. The van der Waals surface area contributed by atoms with Gasteiger partial charge in [0.05, 0.1) is 6.21 Å². The van der Waals surface area contributed by atoms with Gasteiger partial charge in [-0.25, -0.2) is 0 Å². The lowest BCUT2D eigenvalue weighted by atomic mass is 10.1. The number of aldehydes is 1. The van der Waals surface area contributed by atoms with Crippen molar-refractivity contribution in [1.82, 2.24) is 0 Å². The van der Waals surface area contributed by atoms with Crippen molar-refractivity contribution >= 4 is 26.4 Å². The zero-order valence-electron chi connectivity index (χ0n) is 12.7. The molecular formula is C17H20N2OSi. The van der Waals surface area contributed by atoms with Crippen molar-refractivity contribution < 1.29 is 4.79 Å². The summed E-state index contributed by atoms with van der Waals surface area (Å²) in [6, 6.07) is 17.6. The summed E-state index contributed by atoms with van der Waals surface area (Å²) in [4.78, 5) is 10.8. The van der Waals surface area contributed by atoms with Gasteiger partial charge < -0.3 is 0 Å². The van der Waals surface area contributed by atoms with Gasteiger partial charge in [0.15, 0.2) is 8.24 Å². The number of rotatable bonds is 5. The highest BCUT2D eigenvalue weighted by molar-refractivity contribution is 6.79. The molecule has 0 radical (unpaired) electrons. The smallest absolute Gasteiger partial charge is 0.176 e. The van der Waals surface area contributed by atoms with Crippen LogP contribution in [0.3, 0.4) is 0 Å². The van der Waals surface area contributed by atoms with E-state index in [1.54, 1.807) is 6.07 Å². The molecule has 0 atom stereocenters. The van der Waals surface area contributed by atoms with E-state index in [1.807, 2.05) is 42.6 Å². The van der Waals surface area contributed by atoms with Gasteiger partial charge in [0.2, 0.25) is 0 Å². The SMILES string of the molecule is C[Si](C)(C)N(N=Cc1cccc(C=O)c1)c1ccccc1. The normalized spacial score (nSPS) is 11.6. The van der Waals surface area contributed by atoms with Gasteiger partial charge in [-0.1, -0.05) is 36.4 Å².